The highest BCUT2D eigenvalue weighted by Crippen LogP contribution is 2.22. The van der Waals surface area contributed by atoms with E-state index in [2.05, 4.69) is 63.8 Å². The van der Waals surface area contributed by atoms with E-state index in [-0.39, 0.29) is 68.7 Å². The molecule has 0 unspecified atom stereocenters. The first-order valence-electron chi connectivity index (χ1n) is 37.1. The molecule has 40 nitrogen and oxygen atoms in total. The number of fused-ring (bicyclic) bond motifs is 1. The molecule has 5 rings (SSSR count). The number of primary amides is 5. The fourth-order valence-electron chi connectivity index (χ4n) is 11.9. The number of aliphatic hydroxyl groups is 1. The third kappa shape index (κ3) is 31.9. The summed E-state index contributed by atoms with van der Waals surface area (Å²) in [5, 5.41) is 52.0. The minimum atomic E-state index is -2.10. The van der Waals surface area contributed by atoms with Gasteiger partial charge in [0.05, 0.1) is 19.1 Å². The number of carbonyl (C=O) groups excluding carboxylic acids is 17. The number of carbonyl (C=O) groups is 18. The molecule has 41 heteroatoms. The van der Waals surface area contributed by atoms with E-state index in [0.717, 1.165) is 31.0 Å². The molecule has 17 amide bonds. The van der Waals surface area contributed by atoms with Crippen LogP contribution in [0.1, 0.15) is 118 Å². The second-order valence-corrected chi connectivity index (χ2v) is 28.9. The first-order chi connectivity index (χ1) is 54.9. The lowest BCUT2D eigenvalue weighted by Gasteiger charge is -2.34. The number of amides is 17. The molecule has 0 bridgehead atoms. The van der Waals surface area contributed by atoms with Crippen LogP contribution in [0.15, 0.2) is 91.0 Å². The van der Waals surface area contributed by atoms with Gasteiger partial charge >= 0.3 is 5.97 Å². The molecule has 1 aliphatic heterocycles. The van der Waals surface area contributed by atoms with Gasteiger partial charge < -0.3 is 119 Å². The molecular weight excluding hydrogens is 1540 g/mol. The Bertz CT molecular complexity index is 4210. The fourth-order valence-corrected chi connectivity index (χ4v) is 13.0. The van der Waals surface area contributed by atoms with Crippen LogP contribution in [0, 0.1) is 0 Å². The zero-order valence-electron chi connectivity index (χ0n) is 64.3. The van der Waals surface area contributed by atoms with Crippen LogP contribution >= 0.6 is 11.8 Å². The normalized spacial score (nSPS) is 18.8. The highest BCUT2D eigenvalue weighted by Gasteiger charge is 2.42. The Morgan fingerprint density at radius 2 is 1.16 bits per heavy atom. The Labute approximate surface area is 670 Å². The van der Waals surface area contributed by atoms with Gasteiger partial charge in [-0.15, -0.1) is 0 Å². The first-order valence-corrected chi connectivity index (χ1v) is 38.2. The molecule has 1 heterocycles. The van der Waals surface area contributed by atoms with Crippen LogP contribution in [0.3, 0.4) is 0 Å². The van der Waals surface area contributed by atoms with Crippen LogP contribution < -0.4 is 109 Å². The standard InChI is InChI=1S/C75H103N19O21S/c1-39(95)62-73(113)90-53(33-41-10-16-45(17-11-41)63(82)103)69(109)86-48(20-23-57(78)97)65(105)91-56(38-116-31-26-51(84-40(2)96)67(107)85-49(68(108)93-62)21-24-58(79)98)71(111)87-52(34-42-13-18-47(19-14-42)115-30-29-77)70(110)88-54(35-43-12-15-44-8-4-5-9-46(44)32-43)72(112)94-75(3,27-6-7-28-76)74(114)92-50(22-25-61(101)102)66(106)89-55(36-59(80)99)64(104)83-37-60(81)100/h4-5,8-19,32,39,48-56,62,95H,6-7,20-31,33-38,76-77H2,1-3H3,(H2,78,97)(H2,79,98)(H2,80,99)(H2,81,100)(H2,82,103)(H,83,104)(H,84,96)(H,85,107)(H,86,109)(H,87,111)(H,88,110)(H,89,106)(H,90,113)(H,91,105)(H,92,114)(H,93,108)(H,94,112)(H,101,102)/t39-,48+,49+,50+,51+,52+,53+,54+,55+,56+,62+,75+/m1/s1. The maximum Gasteiger partial charge on any atom is 0.303 e. The van der Waals surface area contributed by atoms with E-state index in [0.29, 0.717) is 22.3 Å². The van der Waals surface area contributed by atoms with Crippen molar-refractivity contribution in [3.63, 3.8) is 0 Å². The molecule has 1 saturated heterocycles. The van der Waals surface area contributed by atoms with Crippen molar-refractivity contribution in [2.75, 3.05) is 37.7 Å². The molecule has 0 saturated carbocycles. The summed E-state index contributed by atoms with van der Waals surface area (Å²) in [4.78, 5) is 247. The van der Waals surface area contributed by atoms with Crippen molar-refractivity contribution in [1.82, 2.24) is 63.8 Å². The molecule has 630 valence electrons. The lowest BCUT2D eigenvalue weighted by Crippen LogP contribution is -2.64. The third-order valence-electron chi connectivity index (χ3n) is 18.2. The van der Waals surface area contributed by atoms with Crippen LogP contribution in [0.25, 0.3) is 10.8 Å². The van der Waals surface area contributed by atoms with E-state index >= 15 is 19.2 Å². The summed E-state index contributed by atoms with van der Waals surface area (Å²) in [6, 6.07) is 6.09. The Balaban J connectivity index is 1.67. The molecule has 0 radical (unpaired) electrons. The van der Waals surface area contributed by atoms with Crippen LogP contribution in [-0.2, 0) is 101 Å². The molecule has 0 aromatic heterocycles. The number of unbranched alkanes of at least 4 members (excludes halogenated alkanes) is 1. The molecular formula is C75H103N19O21S. The van der Waals surface area contributed by atoms with Crippen molar-refractivity contribution in [2.45, 2.75) is 183 Å². The smallest absolute Gasteiger partial charge is 0.303 e. The summed E-state index contributed by atoms with van der Waals surface area (Å²) in [6.45, 7) is 3.02. The average molecular weight is 1640 g/mol. The van der Waals surface area contributed by atoms with Gasteiger partial charge in [0.1, 0.15) is 78.3 Å². The van der Waals surface area contributed by atoms with E-state index in [1.54, 1.807) is 36.4 Å². The van der Waals surface area contributed by atoms with Gasteiger partial charge in [0.15, 0.2) is 0 Å². The number of nitrogens with two attached hydrogens (primary N) is 7. The van der Waals surface area contributed by atoms with Crippen LogP contribution in [-0.4, -0.2) is 226 Å². The number of hydrogen-bond donors (Lipinski definition) is 21. The number of thioether (sulfide) groups is 1. The molecule has 4 aromatic rings. The highest BCUT2D eigenvalue weighted by atomic mass is 32.2. The molecule has 28 N–H and O–H groups in total. The molecule has 12 atom stereocenters. The van der Waals surface area contributed by atoms with Gasteiger partial charge in [-0.1, -0.05) is 66.7 Å². The Morgan fingerprint density at radius 3 is 1.74 bits per heavy atom. The van der Waals surface area contributed by atoms with Crippen molar-refractivity contribution >= 4 is 129 Å². The lowest BCUT2D eigenvalue weighted by atomic mass is 9.91. The number of carboxylic acids is 1. The minimum Gasteiger partial charge on any atom is -0.492 e. The van der Waals surface area contributed by atoms with Gasteiger partial charge in [-0.2, -0.15) is 11.8 Å². The van der Waals surface area contributed by atoms with Crippen molar-refractivity contribution in [1.29, 1.82) is 0 Å². The third-order valence-corrected chi connectivity index (χ3v) is 19.3. The summed E-state index contributed by atoms with van der Waals surface area (Å²) in [7, 11) is 0. The van der Waals surface area contributed by atoms with Gasteiger partial charge in [0.25, 0.3) is 0 Å². The van der Waals surface area contributed by atoms with Crippen molar-refractivity contribution < 1.29 is 101 Å². The SMILES string of the molecule is CC(=O)N[C@H]1CCSC[C@@H](C(=O)N[C@@H](Cc2ccc(OCCN)cc2)C(=O)N[C@@H](Cc2ccc3ccccc3c2)C(=O)N[C@@](C)(CCCCN)C(=O)N[C@@H](CCC(=O)O)C(=O)N[C@@H](CC(N)=O)C(=O)NCC(N)=O)NC(=O)[C@H](CCC(N)=O)NC(=O)[C@H](Cc2ccc(C(N)=O)cc2)NC(=O)[C@H]([C@@H](C)O)NC(=O)[C@H](CCC(N)=O)NC1=O. The van der Waals surface area contributed by atoms with E-state index in [4.69, 9.17) is 44.9 Å². The Morgan fingerprint density at radius 1 is 0.586 bits per heavy atom. The van der Waals surface area contributed by atoms with Crippen molar-refractivity contribution in [3.05, 3.63) is 113 Å². The second kappa shape index (κ2) is 46.7. The maximum absolute atomic E-state index is 15.6. The molecule has 116 heavy (non-hydrogen) atoms. The van der Waals surface area contributed by atoms with Crippen LogP contribution in [0.2, 0.25) is 0 Å². The summed E-state index contributed by atoms with van der Waals surface area (Å²) in [6.07, 6.45) is -7.65. The predicted molar refractivity (Wildman–Crippen MR) is 419 cm³/mol. The molecule has 0 aliphatic carbocycles. The highest BCUT2D eigenvalue weighted by molar-refractivity contribution is 7.99. The van der Waals surface area contributed by atoms with Gasteiger partial charge in [0, 0.05) is 63.3 Å². The van der Waals surface area contributed by atoms with Gasteiger partial charge in [0.2, 0.25) is 100 Å². The van der Waals surface area contributed by atoms with Crippen LogP contribution in [0.4, 0.5) is 0 Å². The summed E-state index contributed by atoms with van der Waals surface area (Å²) >= 11 is 0.889. The monoisotopic (exact) mass is 1640 g/mol. The van der Waals surface area contributed by atoms with E-state index in [1.807, 2.05) is 6.07 Å². The topological polar surface area (TPSA) is 683 Å². The lowest BCUT2D eigenvalue weighted by molar-refractivity contribution is -0.140. The number of aliphatic hydroxyl groups excluding tert-OH is 1. The van der Waals surface area contributed by atoms with Gasteiger partial charge in [-0.05, 0) is 123 Å². The van der Waals surface area contributed by atoms with Crippen molar-refractivity contribution in [2.24, 2.45) is 40.1 Å². The Kier molecular flexibility index (Phi) is 37.9. The fraction of sp³-hybridized carbons (Fsp3) is 0.467. The zero-order chi connectivity index (χ0) is 85.9. The predicted octanol–water partition coefficient (Wildman–Crippen LogP) is -6.43. The largest absolute Gasteiger partial charge is 0.492 e. The second-order valence-electron chi connectivity index (χ2n) is 27.8. The summed E-state index contributed by atoms with van der Waals surface area (Å²) < 4.78 is 5.69. The van der Waals surface area contributed by atoms with Crippen molar-refractivity contribution in [3.8, 4) is 5.75 Å². The number of carboxylic acid groups (broad SMARTS) is 1. The quantitative estimate of drug-likeness (QED) is 0.0184. The molecule has 4 aromatic carbocycles. The number of benzene rings is 4. The average Bonchev–Trinajstić information content (AvgIpc) is 0.817. The summed E-state index contributed by atoms with van der Waals surface area (Å²) in [5.74, 6) is -19.8. The molecule has 1 fully saturated rings. The number of ether oxygens (including phenoxy) is 1. The first kappa shape index (κ1) is 94.2. The van der Waals surface area contributed by atoms with E-state index in [1.165, 1.54) is 55.5 Å². The van der Waals surface area contributed by atoms with Gasteiger partial charge in [-0.25, -0.2) is 0 Å². The number of aliphatic carboxylic acids is 1. The molecule has 0 spiro atoms. The minimum absolute atomic E-state index is 0.0382. The maximum atomic E-state index is 15.6. The van der Waals surface area contributed by atoms with Gasteiger partial charge in [-0.3, -0.25) is 86.3 Å². The summed E-state index contributed by atoms with van der Waals surface area (Å²) in [5.41, 5.74) is 37.6. The van der Waals surface area contributed by atoms with E-state index < -0.39 is 249 Å². The number of hydrogen-bond acceptors (Lipinski definition) is 23. The Hall–Kier alpha value is -12.4. The zero-order valence-corrected chi connectivity index (χ0v) is 65.1. The number of rotatable bonds is 40. The number of nitrogens with one attached hydrogen (secondary N) is 12. The van der Waals surface area contributed by atoms with Crippen LogP contribution in [0.5, 0.6) is 5.75 Å². The molecule has 1 aliphatic rings. The van der Waals surface area contributed by atoms with E-state index in [9.17, 15) is 77.3 Å².